The van der Waals surface area contributed by atoms with Crippen LogP contribution >= 0.6 is 11.6 Å². The highest BCUT2D eigenvalue weighted by Gasteiger charge is 2.28. The van der Waals surface area contributed by atoms with Crippen LogP contribution in [0.1, 0.15) is 47.5 Å². The number of isocyanates is 1. The minimum atomic E-state index is -1.27. The second-order valence-corrected chi connectivity index (χ2v) is 4.85. The topological polar surface area (TPSA) is 66.7 Å². The Kier molecular flexibility index (Phi) is 3.98. The highest BCUT2D eigenvalue weighted by Crippen LogP contribution is 2.42. The maximum atomic E-state index is 14.3. The Labute approximate surface area is 113 Å². The van der Waals surface area contributed by atoms with Gasteiger partial charge < -0.3 is 5.11 Å². The molecule has 1 saturated carbocycles. The fourth-order valence-electron chi connectivity index (χ4n) is 2.50. The smallest absolute Gasteiger partial charge is 0.337 e. The normalized spacial score (nSPS) is 15.3. The summed E-state index contributed by atoms with van der Waals surface area (Å²) in [5.41, 5.74) is -0.397. The van der Waals surface area contributed by atoms with Gasteiger partial charge in [0.25, 0.3) is 0 Å². The van der Waals surface area contributed by atoms with E-state index in [2.05, 4.69) is 4.99 Å². The van der Waals surface area contributed by atoms with Crippen molar-refractivity contribution in [1.29, 1.82) is 0 Å². The molecule has 0 unspecified atom stereocenters. The number of hydrogen-bond acceptors (Lipinski definition) is 3. The van der Waals surface area contributed by atoms with E-state index in [1.165, 1.54) is 6.08 Å². The van der Waals surface area contributed by atoms with Gasteiger partial charge in [0.15, 0.2) is 5.82 Å². The van der Waals surface area contributed by atoms with Gasteiger partial charge in [0.2, 0.25) is 6.08 Å². The number of carbonyl (C=O) groups is 1. The highest BCUT2D eigenvalue weighted by molar-refractivity contribution is 6.34. The third kappa shape index (κ3) is 2.53. The van der Waals surface area contributed by atoms with E-state index >= 15 is 0 Å². The first kappa shape index (κ1) is 13.7. The van der Waals surface area contributed by atoms with Crippen molar-refractivity contribution in [2.24, 2.45) is 4.99 Å². The van der Waals surface area contributed by atoms with Gasteiger partial charge in [0, 0.05) is 5.56 Å². The zero-order chi connectivity index (χ0) is 14.0. The summed E-state index contributed by atoms with van der Waals surface area (Å²) < 4.78 is 14.3. The van der Waals surface area contributed by atoms with Gasteiger partial charge in [-0.05, 0) is 24.8 Å². The second kappa shape index (κ2) is 5.51. The van der Waals surface area contributed by atoms with E-state index in [0.29, 0.717) is 0 Å². The van der Waals surface area contributed by atoms with E-state index in [1.807, 2.05) is 0 Å². The average Bonchev–Trinajstić information content (AvgIpc) is 2.86. The summed E-state index contributed by atoms with van der Waals surface area (Å²) in [7, 11) is 0. The first-order chi connectivity index (χ1) is 9.06. The lowest BCUT2D eigenvalue weighted by Gasteiger charge is -2.15. The summed E-state index contributed by atoms with van der Waals surface area (Å²) in [6.07, 6.45) is 4.63. The SMILES string of the molecule is O=C=Nc1cc(C(=O)O)c(Cl)c(C2CCCC2)c1F. The van der Waals surface area contributed by atoms with E-state index < -0.39 is 11.8 Å². The Hall–Kier alpha value is -1.71. The molecule has 0 amide bonds. The number of carbonyl (C=O) groups excluding carboxylic acids is 1. The molecule has 1 aromatic rings. The number of benzene rings is 1. The molecule has 1 aromatic carbocycles. The number of halogens is 2. The van der Waals surface area contributed by atoms with Crippen molar-refractivity contribution in [3.05, 3.63) is 28.0 Å². The van der Waals surface area contributed by atoms with Gasteiger partial charge in [0.1, 0.15) is 5.69 Å². The fourth-order valence-corrected chi connectivity index (χ4v) is 2.87. The van der Waals surface area contributed by atoms with Crippen LogP contribution < -0.4 is 0 Å². The van der Waals surface area contributed by atoms with E-state index in [-0.39, 0.29) is 27.8 Å². The van der Waals surface area contributed by atoms with Crippen LogP contribution in [-0.4, -0.2) is 17.2 Å². The van der Waals surface area contributed by atoms with E-state index in [1.54, 1.807) is 0 Å². The minimum absolute atomic E-state index is 0.0956. The van der Waals surface area contributed by atoms with Gasteiger partial charge in [-0.15, -0.1) is 0 Å². The van der Waals surface area contributed by atoms with Gasteiger partial charge in [-0.3, -0.25) is 0 Å². The highest BCUT2D eigenvalue weighted by atomic mass is 35.5. The fraction of sp³-hybridized carbons (Fsp3) is 0.385. The molecule has 2 rings (SSSR count). The summed E-state index contributed by atoms with van der Waals surface area (Å²) in [6.45, 7) is 0. The maximum absolute atomic E-state index is 14.3. The molecular weight excluding hydrogens is 273 g/mol. The number of rotatable bonds is 3. The molecule has 1 aliphatic carbocycles. The minimum Gasteiger partial charge on any atom is -0.478 e. The maximum Gasteiger partial charge on any atom is 0.337 e. The first-order valence-corrected chi connectivity index (χ1v) is 6.27. The standard InChI is InChI=1S/C13H11ClFNO3/c14-11-8(13(18)19)5-9(16-6-17)12(15)10(11)7-3-1-2-4-7/h5,7H,1-4H2,(H,18,19). The molecule has 1 aliphatic rings. The summed E-state index contributed by atoms with van der Waals surface area (Å²) in [5, 5.41) is 8.97. The van der Waals surface area contributed by atoms with Crippen LogP contribution in [0.3, 0.4) is 0 Å². The largest absolute Gasteiger partial charge is 0.478 e. The molecule has 0 atom stereocenters. The molecule has 100 valence electrons. The van der Waals surface area contributed by atoms with Crippen LogP contribution in [0.25, 0.3) is 0 Å². The molecule has 1 N–H and O–H groups in total. The molecule has 0 radical (unpaired) electrons. The lowest BCUT2D eigenvalue weighted by atomic mass is 9.94. The van der Waals surface area contributed by atoms with Gasteiger partial charge in [-0.25, -0.2) is 14.0 Å². The number of aromatic carboxylic acids is 1. The second-order valence-electron chi connectivity index (χ2n) is 4.47. The molecule has 0 aliphatic heterocycles. The number of hydrogen-bond donors (Lipinski definition) is 1. The summed E-state index contributed by atoms with van der Waals surface area (Å²) >= 11 is 6.00. The van der Waals surface area contributed by atoms with Crippen LogP contribution in [0.5, 0.6) is 0 Å². The van der Waals surface area contributed by atoms with Gasteiger partial charge in [0.05, 0.1) is 10.6 Å². The molecule has 0 bridgehead atoms. The predicted molar refractivity (Wildman–Crippen MR) is 67.4 cm³/mol. The van der Waals surface area contributed by atoms with Crippen molar-refractivity contribution in [1.82, 2.24) is 0 Å². The Balaban J connectivity index is 2.67. The zero-order valence-electron chi connectivity index (χ0n) is 9.95. The van der Waals surface area contributed by atoms with Crippen LogP contribution in [0, 0.1) is 5.82 Å². The molecule has 0 aromatic heterocycles. The first-order valence-electron chi connectivity index (χ1n) is 5.89. The van der Waals surface area contributed by atoms with Crippen molar-refractivity contribution in [3.63, 3.8) is 0 Å². The van der Waals surface area contributed by atoms with Crippen molar-refractivity contribution in [2.75, 3.05) is 0 Å². The molecule has 19 heavy (non-hydrogen) atoms. The number of carboxylic acid groups (broad SMARTS) is 1. The van der Waals surface area contributed by atoms with Gasteiger partial charge >= 0.3 is 5.97 Å². The van der Waals surface area contributed by atoms with Crippen molar-refractivity contribution < 1.29 is 19.1 Å². The van der Waals surface area contributed by atoms with E-state index in [9.17, 15) is 14.0 Å². The average molecular weight is 284 g/mol. The lowest BCUT2D eigenvalue weighted by Crippen LogP contribution is -2.05. The van der Waals surface area contributed by atoms with Gasteiger partial charge in [-0.2, -0.15) is 4.99 Å². The van der Waals surface area contributed by atoms with Crippen molar-refractivity contribution >= 4 is 29.3 Å². The summed E-state index contributed by atoms with van der Waals surface area (Å²) in [6, 6.07) is 0.962. The Bertz CT molecular complexity index is 549. The lowest BCUT2D eigenvalue weighted by molar-refractivity contribution is 0.0697. The van der Waals surface area contributed by atoms with Crippen LogP contribution in [-0.2, 0) is 4.79 Å². The quantitative estimate of drug-likeness (QED) is 0.677. The molecular formula is C13H11ClFNO3. The molecule has 0 heterocycles. The van der Waals surface area contributed by atoms with E-state index in [0.717, 1.165) is 31.7 Å². The third-order valence-corrected chi connectivity index (χ3v) is 3.78. The van der Waals surface area contributed by atoms with E-state index in [4.69, 9.17) is 16.7 Å². The van der Waals surface area contributed by atoms with Crippen LogP contribution in [0.15, 0.2) is 11.1 Å². The van der Waals surface area contributed by atoms with Crippen molar-refractivity contribution in [2.45, 2.75) is 31.6 Å². The molecule has 1 fully saturated rings. The van der Waals surface area contributed by atoms with Gasteiger partial charge in [-0.1, -0.05) is 24.4 Å². The Morgan fingerprint density at radius 1 is 1.47 bits per heavy atom. The Morgan fingerprint density at radius 3 is 2.63 bits per heavy atom. The van der Waals surface area contributed by atoms with Crippen molar-refractivity contribution in [3.8, 4) is 0 Å². The summed E-state index contributed by atoms with van der Waals surface area (Å²) in [4.78, 5) is 24.6. The van der Waals surface area contributed by atoms with Crippen LogP contribution in [0.2, 0.25) is 5.02 Å². The monoisotopic (exact) mass is 283 g/mol. The van der Waals surface area contributed by atoms with Crippen LogP contribution in [0.4, 0.5) is 10.1 Å². The number of nitrogens with zero attached hydrogens (tertiary/aromatic N) is 1. The number of carboxylic acids is 1. The number of aliphatic imine (C=N–C) groups is 1. The molecule has 4 nitrogen and oxygen atoms in total. The molecule has 0 spiro atoms. The summed E-state index contributed by atoms with van der Waals surface area (Å²) in [5.74, 6) is -2.11. The molecule has 0 saturated heterocycles. The third-order valence-electron chi connectivity index (χ3n) is 3.38. The zero-order valence-corrected chi connectivity index (χ0v) is 10.7. The molecule has 6 heteroatoms. The predicted octanol–water partition coefficient (Wildman–Crippen LogP) is 3.80. The Morgan fingerprint density at radius 2 is 2.11 bits per heavy atom.